The van der Waals surface area contributed by atoms with Gasteiger partial charge < -0.3 is 9.64 Å². The van der Waals surface area contributed by atoms with E-state index >= 15 is 0 Å². The Hall–Kier alpha value is -3.38. The van der Waals surface area contributed by atoms with Crippen molar-refractivity contribution < 1.29 is 9.53 Å². The van der Waals surface area contributed by atoms with Crippen LogP contribution in [0, 0.1) is 11.3 Å². The zero-order valence-corrected chi connectivity index (χ0v) is 16.7. The molecule has 0 radical (unpaired) electrons. The molecule has 8 nitrogen and oxygen atoms in total. The minimum Gasteiger partial charge on any atom is -0.497 e. The van der Waals surface area contributed by atoms with Crippen LogP contribution in [0.5, 0.6) is 5.75 Å². The van der Waals surface area contributed by atoms with Crippen LogP contribution in [0.3, 0.4) is 0 Å². The number of methoxy groups -OCH3 is 1. The van der Waals surface area contributed by atoms with Gasteiger partial charge in [0.05, 0.1) is 31.9 Å². The fraction of sp³-hybridized carbons (Fsp3) is 0.250. The number of amides is 1. The number of ether oxygens (including phenoxy) is 1. The highest BCUT2D eigenvalue weighted by atomic mass is 32.2. The number of hydrogen-bond donors (Lipinski definition) is 0. The van der Waals surface area contributed by atoms with Gasteiger partial charge in [-0.05, 0) is 40.3 Å². The molecular formula is C20H20N6O2S. The maximum Gasteiger partial charge on any atom is 0.237 e. The van der Waals surface area contributed by atoms with Crippen LogP contribution in [0.1, 0.15) is 12.0 Å². The Morgan fingerprint density at radius 3 is 2.66 bits per heavy atom. The molecule has 0 saturated carbocycles. The molecular weight excluding hydrogens is 388 g/mol. The van der Waals surface area contributed by atoms with Crippen LogP contribution in [-0.2, 0) is 11.3 Å². The van der Waals surface area contributed by atoms with Gasteiger partial charge in [-0.15, -0.1) is 5.10 Å². The maximum absolute atomic E-state index is 12.8. The van der Waals surface area contributed by atoms with Gasteiger partial charge in [-0.1, -0.05) is 42.1 Å². The summed E-state index contributed by atoms with van der Waals surface area (Å²) in [4.78, 5) is 14.4. The summed E-state index contributed by atoms with van der Waals surface area (Å²) in [5, 5.41) is 21.2. The first-order valence-corrected chi connectivity index (χ1v) is 9.94. The molecule has 0 atom stereocenters. The highest BCUT2D eigenvalue weighted by Crippen LogP contribution is 2.20. The summed E-state index contributed by atoms with van der Waals surface area (Å²) in [6.45, 7) is 0.834. The predicted octanol–water partition coefficient (Wildman–Crippen LogP) is 2.77. The highest BCUT2D eigenvalue weighted by Gasteiger charge is 2.17. The van der Waals surface area contributed by atoms with E-state index in [0.29, 0.717) is 18.2 Å². The summed E-state index contributed by atoms with van der Waals surface area (Å²) >= 11 is 1.27. The summed E-state index contributed by atoms with van der Waals surface area (Å²) in [6, 6.07) is 19.1. The average Bonchev–Trinajstić information content (AvgIpc) is 3.20. The number of anilines is 1. The third-order valence-corrected chi connectivity index (χ3v) is 5.07. The van der Waals surface area contributed by atoms with E-state index in [1.807, 2.05) is 54.6 Å². The van der Waals surface area contributed by atoms with Gasteiger partial charge >= 0.3 is 0 Å². The molecule has 0 saturated heterocycles. The molecule has 0 fully saturated rings. The molecule has 1 aromatic heterocycles. The topological polar surface area (TPSA) is 96.9 Å². The number of carbonyl (C=O) groups is 1. The molecule has 0 unspecified atom stereocenters. The van der Waals surface area contributed by atoms with Crippen molar-refractivity contribution in [2.45, 2.75) is 18.1 Å². The van der Waals surface area contributed by atoms with E-state index in [9.17, 15) is 4.79 Å². The standard InChI is InChI=1S/C20H20N6O2S/c1-28-18-10-8-16(9-11-18)14-26-20(22-23-24-26)29-15-19(27)25(13-5-12-21)17-6-3-2-4-7-17/h2-4,6-11H,5,13-15H2,1H3. The van der Waals surface area contributed by atoms with Crippen LogP contribution in [0.15, 0.2) is 59.8 Å². The number of nitrogens with zero attached hydrogens (tertiary/aromatic N) is 6. The molecule has 29 heavy (non-hydrogen) atoms. The van der Waals surface area contributed by atoms with Crippen molar-refractivity contribution in [3.63, 3.8) is 0 Å². The van der Waals surface area contributed by atoms with Crippen LogP contribution in [-0.4, -0.2) is 45.5 Å². The molecule has 0 aliphatic carbocycles. The summed E-state index contributed by atoms with van der Waals surface area (Å²) in [5.74, 6) is 0.850. The second-order valence-electron chi connectivity index (χ2n) is 6.04. The monoisotopic (exact) mass is 408 g/mol. The molecule has 0 aliphatic rings. The minimum absolute atomic E-state index is 0.101. The lowest BCUT2D eigenvalue weighted by atomic mass is 10.2. The van der Waals surface area contributed by atoms with E-state index in [2.05, 4.69) is 21.6 Å². The number of para-hydroxylation sites is 1. The Balaban J connectivity index is 1.65. The Labute approximate surface area is 173 Å². The average molecular weight is 408 g/mol. The van der Waals surface area contributed by atoms with Gasteiger partial charge in [0, 0.05) is 12.2 Å². The van der Waals surface area contributed by atoms with E-state index in [1.54, 1.807) is 16.7 Å². The molecule has 9 heteroatoms. The third kappa shape index (κ3) is 5.56. The number of benzene rings is 2. The Bertz CT molecular complexity index is 969. The molecule has 3 rings (SSSR count). The van der Waals surface area contributed by atoms with Crippen LogP contribution >= 0.6 is 11.8 Å². The maximum atomic E-state index is 12.8. The van der Waals surface area contributed by atoms with E-state index < -0.39 is 0 Å². The molecule has 2 aromatic carbocycles. The van der Waals surface area contributed by atoms with E-state index in [4.69, 9.17) is 10.00 Å². The zero-order valence-electron chi connectivity index (χ0n) is 15.9. The van der Waals surface area contributed by atoms with Gasteiger partial charge in [0.1, 0.15) is 5.75 Å². The largest absolute Gasteiger partial charge is 0.497 e. The molecule has 1 heterocycles. The number of carbonyl (C=O) groups excluding carboxylic acids is 1. The van der Waals surface area contributed by atoms with Gasteiger partial charge in [0.15, 0.2) is 0 Å². The van der Waals surface area contributed by atoms with Crippen molar-refractivity contribution in [3.05, 3.63) is 60.2 Å². The Kier molecular flexibility index (Phi) is 7.19. The van der Waals surface area contributed by atoms with Crippen molar-refractivity contribution in [2.24, 2.45) is 0 Å². The molecule has 0 N–H and O–H groups in total. The van der Waals surface area contributed by atoms with Gasteiger partial charge in [-0.25, -0.2) is 4.68 Å². The molecule has 0 bridgehead atoms. The van der Waals surface area contributed by atoms with Crippen LogP contribution in [0.25, 0.3) is 0 Å². The number of aromatic nitrogens is 4. The van der Waals surface area contributed by atoms with Crippen molar-refractivity contribution in [1.29, 1.82) is 5.26 Å². The normalized spacial score (nSPS) is 10.3. The van der Waals surface area contributed by atoms with Crippen molar-refractivity contribution in [1.82, 2.24) is 20.2 Å². The third-order valence-electron chi connectivity index (χ3n) is 4.13. The van der Waals surface area contributed by atoms with Crippen molar-refractivity contribution >= 4 is 23.4 Å². The summed E-state index contributed by atoms with van der Waals surface area (Å²) in [6.07, 6.45) is 0.264. The van der Waals surface area contributed by atoms with E-state index in [-0.39, 0.29) is 18.1 Å². The lowest BCUT2D eigenvalue weighted by molar-refractivity contribution is -0.116. The fourth-order valence-corrected chi connectivity index (χ4v) is 3.43. The van der Waals surface area contributed by atoms with Crippen LogP contribution < -0.4 is 9.64 Å². The molecule has 0 aliphatic heterocycles. The SMILES string of the molecule is COc1ccc(Cn2nnnc2SCC(=O)N(CCC#N)c2ccccc2)cc1. The number of thioether (sulfide) groups is 1. The first-order chi connectivity index (χ1) is 14.2. The predicted molar refractivity (Wildman–Crippen MR) is 110 cm³/mol. The number of rotatable bonds is 9. The lowest BCUT2D eigenvalue weighted by Crippen LogP contribution is -2.33. The fourth-order valence-electron chi connectivity index (χ4n) is 2.67. The van der Waals surface area contributed by atoms with Gasteiger partial charge in [-0.3, -0.25) is 4.79 Å². The smallest absolute Gasteiger partial charge is 0.237 e. The number of hydrogen-bond acceptors (Lipinski definition) is 7. The number of nitriles is 1. The summed E-state index contributed by atoms with van der Waals surface area (Å²) in [7, 11) is 1.62. The van der Waals surface area contributed by atoms with E-state index in [0.717, 1.165) is 17.0 Å². The molecule has 1 amide bonds. The molecule has 3 aromatic rings. The molecule has 0 spiro atoms. The quantitative estimate of drug-likeness (QED) is 0.502. The van der Waals surface area contributed by atoms with E-state index in [1.165, 1.54) is 11.8 Å². The van der Waals surface area contributed by atoms with Gasteiger partial charge in [-0.2, -0.15) is 5.26 Å². The first kappa shape index (κ1) is 20.4. The summed E-state index contributed by atoms with van der Waals surface area (Å²) < 4.78 is 6.82. The second-order valence-corrected chi connectivity index (χ2v) is 6.99. The summed E-state index contributed by atoms with van der Waals surface area (Å²) in [5.41, 5.74) is 1.79. The van der Waals surface area contributed by atoms with Crippen molar-refractivity contribution in [2.75, 3.05) is 24.3 Å². The van der Waals surface area contributed by atoms with Crippen molar-refractivity contribution in [3.8, 4) is 11.8 Å². The minimum atomic E-state index is -0.101. The van der Waals surface area contributed by atoms with Crippen LogP contribution in [0.2, 0.25) is 0 Å². The van der Waals surface area contributed by atoms with Gasteiger partial charge in [0.2, 0.25) is 11.1 Å². The first-order valence-electron chi connectivity index (χ1n) is 8.95. The Morgan fingerprint density at radius 1 is 1.21 bits per heavy atom. The highest BCUT2D eigenvalue weighted by molar-refractivity contribution is 7.99. The second kappa shape index (κ2) is 10.2. The van der Waals surface area contributed by atoms with Crippen LogP contribution in [0.4, 0.5) is 5.69 Å². The number of tetrazole rings is 1. The Morgan fingerprint density at radius 2 is 1.97 bits per heavy atom. The zero-order chi connectivity index (χ0) is 20.5. The molecule has 148 valence electrons. The lowest BCUT2D eigenvalue weighted by Gasteiger charge is -2.21. The van der Waals surface area contributed by atoms with Gasteiger partial charge in [0.25, 0.3) is 0 Å².